The van der Waals surface area contributed by atoms with Gasteiger partial charge in [0.1, 0.15) is 5.82 Å². The predicted octanol–water partition coefficient (Wildman–Crippen LogP) is 1.70. The van der Waals surface area contributed by atoms with E-state index in [0.717, 1.165) is 39.1 Å². The van der Waals surface area contributed by atoms with E-state index in [2.05, 4.69) is 10.2 Å². The van der Waals surface area contributed by atoms with Crippen molar-refractivity contribution in [2.75, 3.05) is 39.3 Å². The molecule has 0 radical (unpaired) electrons. The Kier molecular flexibility index (Phi) is 7.51. The number of benzene rings is 1. The molecule has 0 spiro atoms. The van der Waals surface area contributed by atoms with Gasteiger partial charge in [-0.2, -0.15) is 0 Å². The second kappa shape index (κ2) is 8.89. The minimum atomic E-state index is -0.389. The number of ether oxygens (including phenoxy) is 1. The highest BCUT2D eigenvalue weighted by Crippen LogP contribution is 2.05. The second-order valence-electron chi connectivity index (χ2n) is 4.59. The lowest BCUT2D eigenvalue weighted by Gasteiger charge is -2.26. The topological polar surface area (TPSA) is 41.6 Å². The highest BCUT2D eigenvalue weighted by atomic mass is 35.5. The second-order valence-corrected chi connectivity index (χ2v) is 4.59. The van der Waals surface area contributed by atoms with E-state index < -0.39 is 0 Å². The average molecular weight is 303 g/mol. The first kappa shape index (κ1) is 16.9. The predicted molar refractivity (Wildman–Crippen MR) is 77.9 cm³/mol. The molecule has 1 aliphatic rings. The van der Waals surface area contributed by atoms with Crippen LogP contribution in [0.3, 0.4) is 0 Å². The van der Waals surface area contributed by atoms with E-state index in [1.165, 1.54) is 24.3 Å². The molecular weight excluding hydrogens is 283 g/mol. The summed E-state index contributed by atoms with van der Waals surface area (Å²) >= 11 is 0. The highest BCUT2D eigenvalue weighted by molar-refractivity contribution is 5.89. The smallest absolute Gasteiger partial charge is 0.338 e. The lowest BCUT2D eigenvalue weighted by molar-refractivity contribution is 0.0486. The molecule has 1 heterocycles. The van der Waals surface area contributed by atoms with E-state index in [-0.39, 0.29) is 24.2 Å². The molecule has 0 saturated carbocycles. The molecule has 0 unspecified atom stereocenters. The van der Waals surface area contributed by atoms with Crippen LogP contribution in [0.1, 0.15) is 16.8 Å². The van der Waals surface area contributed by atoms with Crippen LogP contribution in [0.5, 0.6) is 0 Å². The summed E-state index contributed by atoms with van der Waals surface area (Å²) in [5.74, 6) is -0.740. The van der Waals surface area contributed by atoms with Gasteiger partial charge < -0.3 is 15.0 Å². The number of rotatable bonds is 5. The number of nitrogens with zero attached hydrogens (tertiary/aromatic N) is 1. The van der Waals surface area contributed by atoms with Crippen LogP contribution in [-0.2, 0) is 4.74 Å². The van der Waals surface area contributed by atoms with Gasteiger partial charge in [-0.1, -0.05) is 0 Å². The SMILES string of the molecule is Cl.O=C(OCCCN1CCNCC1)c1ccc(F)cc1. The van der Waals surface area contributed by atoms with Crippen LogP contribution in [0, 0.1) is 5.82 Å². The van der Waals surface area contributed by atoms with Crippen molar-refractivity contribution in [3.05, 3.63) is 35.6 Å². The minimum absolute atomic E-state index is 0. The molecular formula is C14H20ClFN2O2. The fraction of sp³-hybridized carbons (Fsp3) is 0.500. The molecule has 2 rings (SSSR count). The van der Waals surface area contributed by atoms with Crippen LogP contribution in [0.15, 0.2) is 24.3 Å². The lowest BCUT2D eigenvalue weighted by atomic mass is 10.2. The standard InChI is InChI=1S/C14H19FN2O2.ClH/c15-13-4-2-12(3-5-13)14(18)19-11-1-8-17-9-6-16-7-10-17;/h2-5,16H,1,6-11H2;1H. The van der Waals surface area contributed by atoms with Gasteiger partial charge in [0, 0.05) is 32.7 Å². The quantitative estimate of drug-likeness (QED) is 0.664. The van der Waals surface area contributed by atoms with Crippen LogP contribution in [0.25, 0.3) is 0 Å². The molecule has 0 atom stereocenters. The highest BCUT2D eigenvalue weighted by Gasteiger charge is 2.10. The molecule has 0 aliphatic carbocycles. The summed E-state index contributed by atoms with van der Waals surface area (Å²) < 4.78 is 17.9. The first-order chi connectivity index (χ1) is 9.25. The number of carbonyl (C=O) groups excluding carboxylic acids is 1. The van der Waals surface area contributed by atoms with Gasteiger partial charge in [-0.25, -0.2) is 9.18 Å². The molecule has 0 aromatic heterocycles. The molecule has 4 nitrogen and oxygen atoms in total. The maximum absolute atomic E-state index is 12.7. The number of halogens is 2. The Hall–Kier alpha value is -1.17. The van der Waals surface area contributed by atoms with Crippen LogP contribution in [0.2, 0.25) is 0 Å². The molecule has 1 aromatic carbocycles. The van der Waals surface area contributed by atoms with Crippen LogP contribution in [-0.4, -0.2) is 50.2 Å². The fourth-order valence-corrected chi connectivity index (χ4v) is 2.06. The van der Waals surface area contributed by atoms with E-state index in [9.17, 15) is 9.18 Å². The Morgan fingerprint density at radius 2 is 1.90 bits per heavy atom. The Morgan fingerprint density at radius 3 is 2.55 bits per heavy atom. The summed E-state index contributed by atoms with van der Waals surface area (Å²) in [6.45, 7) is 5.49. The Bertz CT molecular complexity index is 408. The molecule has 1 N–H and O–H groups in total. The van der Waals surface area contributed by atoms with E-state index in [4.69, 9.17) is 4.74 Å². The fourth-order valence-electron chi connectivity index (χ4n) is 2.06. The number of hydrogen-bond donors (Lipinski definition) is 1. The summed E-state index contributed by atoms with van der Waals surface area (Å²) in [4.78, 5) is 14.0. The molecule has 20 heavy (non-hydrogen) atoms. The number of esters is 1. The maximum Gasteiger partial charge on any atom is 0.338 e. The van der Waals surface area contributed by atoms with Crippen LogP contribution in [0.4, 0.5) is 4.39 Å². The Morgan fingerprint density at radius 1 is 1.25 bits per heavy atom. The van der Waals surface area contributed by atoms with Crippen molar-refractivity contribution >= 4 is 18.4 Å². The van der Waals surface area contributed by atoms with E-state index in [0.29, 0.717) is 12.2 Å². The lowest BCUT2D eigenvalue weighted by Crippen LogP contribution is -2.43. The van der Waals surface area contributed by atoms with Gasteiger partial charge in [0.05, 0.1) is 12.2 Å². The summed E-state index contributed by atoms with van der Waals surface area (Å²) in [5.41, 5.74) is 0.392. The third-order valence-electron chi connectivity index (χ3n) is 3.14. The zero-order chi connectivity index (χ0) is 13.5. The van der Waals surface area contributed by atoms with Crippen molar-refractivity contribution in [1.82, 2.24) is 10.2 Å². The Balaban J connectivity index is 0.00000200. The van der Waals surface area contributed by atoms with Gasteiger partial charge in [-0.15, -0.1) is 12.4 Å². The van der Waals surface area contributed by atoms with Crippen molar-refractivity contribution in [2.24, 2.45) is 0 Å². The van der Waals surface area contributed by atoms with Crippen molar-refractivity contribution in [2.45, 2.75) is 6.42 Å². The van der Waals surface area contributed by atoms with Gasteiger partial charge in [-0.05, 0) is 30.7 Å². The molecule has 1 fully saturated rings. The van der Waals surface area contributed by atoms with Gasteiger partial charge in [0.15, 0.2) is 0 Å². The minimum Gasteiger partial charge on any atom is -0.462 e. The number of carbonyl (C=O) groups is 1. The van der Waals surface area contributed by atoms with Crippen LogP contribution < -0.4 is 5.32 Å². The largest absolute Gasteiger partial charge is 0.462 e. The third kappa shape index (κ3) is 5.45. The summed E-state index contributed by atoms with van der Waals surface area (Å²) in [6, 6.07) is 5.40. The molecule has 0 bridgehead atoms. The first-order valence-electron chi connectivity index (χ1n) is 6.61. The van der Waals surface area contributed by atoms with Gasteiger partial charge in [-0.3, -0.25) is 0 Å². The molecule has 0 amide bonds. The summed E-state index contributed by atoms with van der Waals surface area (Å²) in [5, 5.41) is 3.29. The number of hydrogen-bond acceptors (Lipinski definition) is 4. The number of nitrogens with one attached hydrogen (secondary N) is 1. The maximum atomic E-state index is 12.7. The van der Waals surface area contributed by atoms with Crippen LogP contribution >= 0.6 is 12.4 Å². The van der Waals surface area contributed by atoms with E-state index in [1.54, 1.807) is 0 Å². The van der Waals surface area contributed by atoms with Gasteiger partial charge in [0.25, 0.3) is 0 Å². The third-order valence-corrected chi connectivity index (χ3v) is 3.14. The van der Waals surface area contributed by atoms with Crippen molar-refractivity contribution < 1.29 is 13.9 Å². The normalized spacial score (nSPS) is 15.4. The van der Waals surface area contributed by atoms with Crippen molar-refractivity contribution in [3.63, 3.8) is 0 Å². The zero-order valence-electron chi connectivity index (χ0n) is 11.3. The number of piperazine rings is 1. The average Bonchev–Trinajstić information content (AvgIpc) is 2.45. The summed E-state index contributed by atoms with van der Waals surface area (Å²) in [6.07, 6.45) is 0.826. The first-order valence-corrected chi connectivity index (χ1v) is 6.61. The van der Waals surface area contributed by atoms with Gasteiger partial charge in [0.2, 0.25) is 0 Å². The molecule has 112 valence electrons. The molecule has 1 aliphatic heterocycles. The molecule has 6 heteroatoms. The van der Waals surface area contributed by atoms with Crippen molar-refractivity contribution in [1.29, 1.82) is 0 Å². The molecule has 1 saturated heterocycles. The van der Waals surface area contributed by atoms with E-state index >= 15 is 0 Å². The molecule has 1 aromatic rings. The Labute approximate surface area is 124 Å². The van der Waals surface area contributed by atoms with E-state index in [1.807, 2.05) is 0 Å². The summed E-state index contributed by atoms with van der Waals surface area (Å²) in [7, 11) is 0. The van der Waals surface area contributed by atoms with Crippen molar-refractivity contribution in [3.8, 4) is 0 Å². The van der Waals surface area contributed by atoms with Gasteiger partial charge >= 0.3 is 5.97 Å². The monoisotopic (exact) mass is 302 g/mol. The zero-order valence-corrected chi connectivity index (χ0v) is 12.1.